The van der Waals surface area contributed by atoms with E-state index < -0.39 is 0 Å². The number of carbonyl (C=O) groups excluding carboxylic acids is 1. The van der Waals surface area contributed by atoms with Crippen LogP contribution >= 0.6 is 11.3 Å². The van der Waals surface area contributed by atoms with E-state index in [4.69, 9.17) is 0 Å². The standard InChI is InChI=1S/C23H26N4O2S/c1-17(21-8-5-13-30-21)25-23(29)19-9-11-26(12-10-19)20-14-22(28)27(24-15-20)16-18-6-3-2-4-7-18/h2-8,13-15,17,19H,9-12,16H2,1H3,(H,25,29)/t17-/m1/s1. The number of piperidine rings is 1. The first-order valence-electron chi connectivity index (χ1n) is 10.3. The molecule has 1 aliphatic heterocycles. The van der Waals surface area contributed by atoms with Gasteiger partial charge in [-0.25, -0.2) is 4.68 Å². The molecule has 1 atom stereocenters. The molecule has 0 unspecified atom stereocenters. The number of thiophene rings is 1. The lowest BCUT2D eigenvalue weighted by Crippen LogP contribution is -2.41. The topological polar surface area (TPSA) is 67.2 Å². The Morgan fingerprint density at radius 3 is 2.63 bits per heavy atom. The summed E-state index contributed by atoms with van der Waals surface area (Å²) < 4.78 is 1.48. The zero-order valence-corrected chi connectivity index (χ0v) is 17.8. The first kappa shape index (κ1) is 20.3. The van der Waals surface area contributed by atoms with E-state index in [0.717, 1.165) is 37.2 Å². The molecule has 30 heavy (non-hydrogen) atoms. The summed E-state index contributed by atoms with van der Waals surface area (Å²) in [5, 5.41) is 9.51. The van der Waals surface area contributed by atoms with Gasteiger partial charge in [-0.3, -0.25) is 9.59 Å². The molecule has 4 rings (SSSR count). The van der Waals surface area contributed by atoms with Crippen molar-refractivity contribution in [2.45, 2.75) is 32.4 Å². The van der Waals surface area contributed by atoms with Gasteiger partial charge in [0.1, 0.15) is 0 Å². The van der Waals surface area contributed by atoms with Crippen molar-refractivity contribution in [3.05, 3.63) is 80.9 Å². The quantitative estimate of drug-likeness (QED) is 0.661. The second kappa shape index (κ2) is 9.26. The highest BCUT2D eigenvalue weighted by atomic mass is 32.1. The van der Waals surface area contributed by atoms with E-state index in [9.17, 15) is 9.59 Å². The van der Waals surface area contributed by atoms with Crippen molar-refractivity contribution < 1.29 is 4.79 Å². The Bertz CT molecular complexity index is 1020. The second-order valence-corrected chi connectivity index (χ2v) is 8.68. The van der Waals surface area contributed by atoms with E-state index in [-0.39, 0.29) is 23.4 Å². The van der Waals surface area contributed by atoms with Gasteiger partial charge in [0, 0.05) is 30.0 Å². The number of carbonyl (C=O) groups is 1. The summed E-state index contributed by atoms with van der Waals surface area (Å²) in [6.07, 6.45) is 3.30. The lowest BCUT2D eigenvalue weighted by atomic mass is 9.95. The molecule has 7 heteroatoms. The molecule has 1 N–H and O–H groups in total. The van der Waals surface area contributed by atoms with Crippen molar-refractivity contribution in [3.63, 3.8) is 0 Å². The Morgan fingerprint density at radius 1 is 1.20 bits per heavy atom. The Kier molecular flexibility index (Phi) is 6.28. The normalized spacial score (nSPS) is 15.7. The first-order valence-corrected chi connectivity index (χ1v) is 11.2. The van der Waals surface area contributed by atoms with E-state index >= 15 is 0 Å². The van der Waals surface area contributed by atoms with Gasteiger partial charge in [-0.05, 0) is 36.8 Å². The number of benzene rings is 1. The molecule has 3 heterocycles. The van der Waals surface area contributed by atoms with E-state index in [1.54, 1.807) is 23.6 Å². The first-order chi connectivity index (χ1) is 14.6. The molecule has 0 aliphatic carbocycles. The van der Waals surface area contributed by atoms with Gasteiger partial charge in [-0.1, -0.05) is 36.4 Å². The number of amides is 1. The van der Waals surface area contributed by atoms with Crippen LogP contribution in [-0.4, -0.2) is 28.8 Å². The third-order valence-electron chi connectivity index (χ3n) is 5.59. The number of nitrogens with zero attached hydrogens (tertiary/aromatic N) is 3. The SMILES string of the molecule is C[C@@H](NC(=O)C1CCN(c2cnn(Cc3ccccc3)c(=O)c2)CC1)c1cccs1. The molecule has 0 radical (unpaired) electrons. The fourth-order valence-electron chi connectivity index (χ4n) is 3.81. The molecular formula is C23H26N4O2S. The summed E-state index contributed by atoms with van der Waals surface area (Å²) in [5.74, 6) is 0.127. The maximum atomic E-state index is 12.6. The van der Waals surface area contributed by atoms with Crippen molar-refractivity contribution in [3.8, 4) is 0 Å². The van der Waals surface area contributed by atoms with Crippen LogP contribution in [0.1, 0.15) is 36.2 Å². The van der Waals surface area contributed by atoms with Gasteiger partial charge in [0.25, 0.3) is 5.56 Å². The molecule has 1 aliphatic rings. The average Bonchev–Trinajstić information content (AvgIpc) is 3.31. The van der Waals surface area contributed by atoms with Gasteiger partial charge >= 0.3 is 0 Å². The lowest BCUT2D eigenvalue weighted by Gasteiger charge is -2.33. The van der Waals surface area contributed by atoms with Gasteiger partial charge in [0.2, 0.25) is 5.91 Å². The van der Waals surface area contributed by atoms with Crippen molar-refractivity contribution >= 4 is 22.9 Å². The van der Waals surface area contributed by atoms with Gasteiger partial charge in [0.15, 0.2) is 0 Å². The zero-order chi connectivity index (χ0) is 20.9. The summed E-state index contributed by atoms with van der Waals surface area (Å²) in [5.41, 5.74) is 1.76. The molecule has 0 spiro atoms. The van der Waals surface area contributed by atoms with E-state index in [2.05, 4.69) is 15.3 Å². The number of hydrogen-bond donors (Lipinski definition) is 1. The van der Waals surface area contributed by atoms with Crippen LogP contribution in [0.5, 0.6) is 0 Å². The molecule has 0 bridgehead atoms. The summed E-state index contributed by atoms with van der Waals surface area (Å²) in [7, 11) is 0. The largest absolute Gasteiger partial charge is 0.370 e. The van der Waals surface area contributed by atoms with Crippen molar-refractivity contribution in [2.24, 2.45) is 5.92 Å². The predicted molar refractivity (Wildman–Crippen MR) is 120 cm³/mol. The minimum Gasteiger partial charge on any atom is -0.370 e. The molecule has 1 fully saturated rings. The van der Waals surface area contributed by atoms with E-state index in [1.807, 2.05) is 54.8 Å². The monoisotopic (exact) mass is 422 g/mol. The van der Waals surface area contributed by atoms with Gasteiger partial charge in [0.05, 0.1) is 24.5 Å². The molecule has 2 aromatic heterocycles. The smallest absolute Gasteiger partial charge is 0.269 e. The highest BCUT2D eigenvalue weighted by Crippen LogP contribution is 2.24. The van der Waals surface area contributed by atoms with Crippen LogP contribution < -0.4 is 15.8 Å². The third kappa shape index (κ3) is 4.79. The average molecular weight is 423 g/mol. The van der Waals surface area contributed by atoms with Gasteiger partial charge < -0.3 is 10.2 Å². The number of nitrogens with one attached hydrogen (secondary N) is 1. The molecule has 3 aromatic rings. The van der Waals surface area contributed by atoms with Crippen molar-refractivity contribution in [2.75, 3.05) is 18.0 Å². The summed E-state index contributed by atoms with van der Waals surface area (Å²) in [4.78, 5) is 28.4. The molecule has 6 nitrogen and oxygen atoms in total. The summed E-state index contributed by atoms with van der Waals surface area (Å²) in [6.45, 7) is 3.98. The Balaban J connectivity index is 1.33. The molecule has 1 saturated heterocycles. The number of aromatic nitrogens is 2. The zero-order valence-electron chi connectivity index (χ0n) is 17.0. The highest BCUT2D eigenvalue weighted by Gasteiger charge is 2.26. The van der Waals surface area contributed by atoms with Crippen LogP contribution in [0, 0.1) is 5.92 Å². The van der Waals surface area contributed by atoms with Gasteiger partial charge in [-0.2, -0.15) is 5.10 Å². The lowest BCUT2D eigenvalue weighted by molar-refractivity contribution is -0.126. The fourth-order valence-corrected chi connectivity index (χ4v) is 4.55. The van der Waals surface area contributed by atoms with Crippen LogP contribution in [0.4, 0.5) is 5.69 Å². The molecular weight excluding hydrogens is 396 g/mol. The molecule has 1 aromatic carbocycles. The summed E-state index contributed by atoms with van der Waals surface area (Å²) in [6, 6.07) is 15.6. The Hall–Kier alpha value is -2.93. The highest BCUT2D eigenvalue weighted by molar-refractivity contribution is 7.10. The van der Waals surface area contributed by atoms with E-state index in [0.29, 0.717) is 6.54 Å². The van der Waals surface area contributed by atoms with Crippen LogP contribution in [-0.2, 0) is 11.3 Å². The minimum atomic E-state index is -0.110. The maximum Gasteiger partial charge on any atom is 0.269 e. The number of anilines is 1. The van der Waals surface area contributed by atoms with Crippen molar-refractivity contribution in [1.82, 2.24) is 15.1 Å². The van der Waals surface area contributed by atoms with Gasteiger partial charge in [-0.15, -0.1) is 11.3 Å². The van der Waals surface area contributed by atoms with Crippen LogP contribution in [0.3, 0.4) is 0 Å². The number of hydrogen-bond acceptors (Lipinski definition) is 5. The fraction of sp³-hybridized carbons (Fsp3) is 0.348. The molecule has 1 amide bonds. The Labute approximate surface area is 180 Å². The molecule has 156 valence electrons. The Morgan fingerprint density at radius 2 is 1.97 bits per heavy atom. The van der Waals surface area contributed by atoms with Crippen LogP contribution in [0.15, 0.2) is 64.9 Å². The van der Waals surface area contributed by atoms with Crippen molar-refractivity contribution in [1.29, 1.82) is 0 Å². The van der Waals surface area contributed by atoms with E-state index in [1.165, 1.54) is 9.56 Å². The molecule has 0 saturated carbocycles. The predicted octanol–water partition coefficient (Wildman–Crippen LogP) is 3.45. The van der Waals surface area contributed by atoms with Crippen LogP contribution in [0.25, 0.3) is 0 Å². The third-order valence-corrected chi connectivity index (χ3v) is 6.64. The second-order valence-electron chi connectivity index (χ2n) is 7.70. The van der Waals surface area contributed by atoms with Crippen LogP contribution in [0.2, 0.25) is 0 Å². The maximum absolute atomic E-state index is 12.6. The summed E-state index contributed by atoms with van der Waals surface area (Å²) >= 11 is 1.66. The number of rotatable bonds is 6. The minimum absolute atomic E-state index is 0.00933.